The Morgan fingerprint density at radius 2 is 1.82 bits per heavy atom. The Kier molecular flexibility index (Phi) is 6.10. The molecule has 22 heavy (non-hydrogen) atoms. The summed E-state index contributed by atoms with van der Waals surface area (Å²) in [6, 6.07) is 15.1. The lowest BCUT2D eigenvalue weighted by Gasteiger charge is -2.18. The van der Waals surface area contributed by atoms with E-state index in [1.165, 1.54) is 0 Å². The van der Waals surface area contributed by atoms with Crippen molar-refractivity contribution in [1.29, 1.82) is 0 Å². The molecule has 5 heteroatoms. The van der Waals surface area contributed by atoms with Gasteiger partial charge in [-0.25, -0.2) is 0 Å². The third-order valence-corrected chi connectivity index (χ3v) is 4.06. The predicted octanol–water partition coefficient (Wildman–Crippen LogP) is 4.67. The second kappa shape index (κ2) is 8.06. The minimum absolute atomic E-state index is 0.0179. The van der Waals surface area contributed by atoms with Crippen molar-refractivity contribution in [3.8, 4) is 0 Å². The number of rotatable bonds is 6. The molecule has 2 N–H and O–H groups in total. The first-order chi connectivity index (χ1) is 10.6. The van der Waals surface area contributed by atoms with E-state index >= 15 is 0 Å². The van der Waals surface area contributed by atoms with Gasteiger partial charge in [-0.05, 0) is 30.2 Å². The summed E-state index contributed by atoms with van der Waals surface area (Å²) in [4.78, 5) is 12.1. The van der Waals surface area contributed by atoms with Gasteiger partial charge in [-0.2, -0.15) is 0 Å². The van der Waals surface area contributed by atoms with Crippen LogP contribution in [0.1, 0.15) is 24.9 Å². The van der Waals surface area contributed by atoms with Crippen molar-refractivity contribution in [2.45, 2.75) is 19.4 Å². The fraction of sp³-hybridized carbons (Fsp3) is 0.235. The van der Waals surface area contributed by atoms with E-state index in [1.807, 2.05) is 37.3 Å². The van der Waals surface area contributed by atoms with Gasteiger partial charge in [0.1, 0.15) is 0 Å². The number of anilines is 1. The first-order valence-electron chi connectivity index (χ1n) is 7.13. The highest BCUT2D eigenvalue weighted by Crippen LogP contribution is 2.24. The van der Waals surface area contributed by atoms with E-state index in [9.17, 15) is 4.79 Å². The number of amides is 1. The fourth-order valence-electron chi connectivity index (χ4n) is 2.14. The minimum Gasteiger partial charge on any atom is -0.376 e. The van der Waals surface area contributed by atoms with E-state index in [4.69, 9.17) is 23.2 Å². The van der Waals surface area contributed by atoms with E-state index in [0.717, 1.165) is 17.7 Å². The fourth-order valence-corrected chi connectivity index (χ4v) is 2.44. The van der Waals surface area contributed by atoms with Gasteiger partial charge in [0.05, 0.1) is 22.6 Å². The van der Waals surface area contributed by atoms with Gasteiger partial charge in [0.15, 0.2) is 0 Å². The predicted molar refractivity (Wildman–Crippen MR) is 92.6 cm³/mol. The number of carbonyl (C=O) groups excluding carboxylic acids is 1. The first kappa shape index (κ1) is 16.7. The lowest BCUT2D eigenvalue weighted by molar-refractivity contribution is -0.120. The van der Waals surface area contributed by atoms with E-state index < -0.39 is 0 Å². The molecular weight excluding hydrogens is 319 g/mol. The molecule has 0 saturated heterocycles. The van der Waals surface area contributed by atoms with Gasteiger partial charge in [-0.1, -0.05) is 60.5 Å². The Morgan fingerprint density at radius 1 is 1.09 bits per heavy atom. The first-order valence-corrected chi connectivity index (χ1v) is 7.89. The van der Waals surface area contributed by atoms with Gasteiger partial charge in [0, 0.05) is 5.69 Å². The molecule has 1 amide bonds. The summed E-state index contributed by atoms with van der Waals surface area (Å²) >= 11 is 11.8. The number of hydrogen-bond donors (Lipinski definition) is 2. The SMILES string of the molecule is CCC(NC(=O)CNc1ccc(Cl)c(Cl)c1)c1ccccc1. The van der Waals surface area contributed by atoms with Crippen LogP contribution in [0.5, 0.6) is 0 Å². The van der Waals surface area contributed by atoms with Crippen molar-refractivity contribution in [3.05, 3.63) is 64.1 Å². The number of hydrogen-bond acceptors (Lipinski definition) is 2. The zero-order valence-corrected chi connectivity index (χ0v) is 13.8. The molecule has 1 atom stereocenters. The Balaban J connectivity index is 1.90. The molecule has 2 rings (SSSR count). The van der Waals surface area contributed by atoms with Crippen LogP contribution in [-0.4, -0.2) is 12.5 Å². The van der Waals surface area contributed by atoms with E-state index in [-0.39, 0.29) is 18.5 Å². The molecule has 2 aromatic rings. The molecule has 0 spiro atoms. The maximum absolute atomic E-state index is 12.1. The molecule has 0 aliphatic heterocycles. The molecule has 0 aliphatic carbocycles. The second-order valence-corrected chi connectivity index (χ2v) is 5.74. The zero-order chi connectivity index (χ0) is 15.9. The van der Waals surface area contributed by atoms with Crippen LogP contribution in [0.25, 0.3) is 0 Å². The van der Waals surface area contributed by atoms with Crippen LogP contribution in [0.3, 0.4) is 0 Å². The molecule has 0 aromatic heterocycles. The summed E-state index contributed by atoms with van der Waals surface area (Å²) in [6.45, 7) is 2.23. The van der Waals surface area contributed by atoms with Crippen molar-refractivity contribution < 1.29 is 4.79 Å². The summed E-state index contributed by atoms with van der Waals surface area (Å²) < 4.78 is 0. The Bertz CT molecular complexity index is 632. The molecule has 0 heterocycles. The average Bonchev–Trinajstić information content (AvgIpc) is 2.54. The molecule has 116 valence electrons. The minimum atomic E-state index is -0.0678. The molecular formula is C17H18Cl2N2O. The van der Waals surface area contributed by atoms with E-state index in [1.54, 1.807) is 18.2 Å². The zero-order valence-electron chi connectivity index (χ0n) is 12.3. The largest absolute Gasteiger partial charge is 0.376 e. The lowest BCUT2D eigenvalue weighted by atomic mass is 10.0. The van der Waals surface area contributed by atoms with Crippen LogP contribution in [0.4, 0.5) is 5.69 Å². The summed E-state index contributed by atoms with van der Waals surface area (Å²) in [5.74, 6) is -0.0678. The normalized spacial score (nSPS) is 11.8. The van der Waals surface area contributed by atoms with Crippen LogP contribution in [0.2, 0.25) is 10.0 Å². The third kappa shape index (κ3) is 4.65. The standard InChI is InChI=1S/C17H18Cl2N2O/c1-2-16(12-6-4-3-5-7-12)21-17(22)11-20-13-8-9-14(18)15(19)10-13/h3-10,16,20H,2,11H2,1H3,(H,21,22). The van der Waals surface area contributed by atoms with Crippen molar-refractivity contribution >= 4 is 34.8 Å². The Hall–Kier alpha value is -1.71. The van der Waals surface area contributed by atoms with Crippen molar-refractivity contribution in [1.82, 2.24) is 5.32 Å². The van der Waals surface area contributed by atoms with Crippen molar-refractivity contribution in [2.75, 3.05) is 11.9 Å². The van der Waals surface area contributed by atoms with Crippen LogP contribution in [0.15, 0.2) is 48.5 Å². The van der Waals surface area contributed by atoms with Gasteiger partial charge in [-0.15, -0.1) is 0 Å². The highest BCUT2D eigenvalue weighted by atomic mass is 35.5. The maximum atomic E-state index is 12.1. The quantitative estimate of drug-likeness (QED) is 0.804. The van der Waals surface area contributed by atoms with Gasteiger partial charge >= 0.3 is 0 Å². The lowest BCUT2D eigenvalue weighted by Crippen LogP contribution is -2.33. The molecule has 1 unspecified atom stereocenters. The smallest absolute Gasteiger partial charge is 0.239 e. The van der Waals surface area contributed by atoms with Gasteiger partial charge in [0.25, 0.3) is 0 Å². The van der Waals surface area contributed by atoms with Crippen LogP contribution >= 0.6 is 23.2 Å². The van der Waals surface area contributed by atoms with E-state index in [0.29, 0.717) is 10.0 Å². The van der Waals surface area contributed by atoms with E-state index in [2.05, 4.69) is 10.6 Å². The summed E-state index contributed by atoms with van der Waals surface area (Å²) in [5, 5.41) is 7.01. The molecule has 2 aromatic carbocycles. The van der Waals surface area contributed by atoms with Gasteiger partial charge in [0.2, 0.25) is 5.91 Å². The third-order valence-electron chi connectivity index (χ3n) is 3.32. The van der Waals surface area contributed by atoms with Gasteiger partial charge in [-0.3, -0.25) is 4.79 Å². The molecule has 0 radical (unpaired) electrons. The highest BCUT2D eigenvalue weighted by molar-refractivity contribution is 6.42. The monoisotopic (exact) mass is 336 g/mol. The number of nitrogens with one attached hydrogen (secondary N) is 2. The van der Waals surface area contributed by atoms with Gasteiger partial charge < -0.3 is 10.6 Å². The summed E-state index contributed by atoms with van der Waals surface area (Å²) in [6.07, 6.45) is 0.836. The summed E-state index contributed by atoms with van der Waals surface area (Å²) in [7, 11) is 0. The molecule has 0 fully saturated rings. The number of halogens is 2. The van der Waals surface area contributed by atoms with Crippen molar-refractivity contribution in [3.63, 3.8) is 0 Å². The Labute approximate surface area is 140 Å². The molecule has 0 aliphatic rings. The maximum Gasteiger partial charge on any atom is 0.239 e. The molecule has 0 saturated carbocycles. The topological polar surface area (TPSA) is 41.1 Å². The van der Waals surface area contributed by atoms with Crippen LogP contribution < -0.4 is 10.6 Å². The summed E-state index contributed by atoms with van der Waals surface area (Å²) in [5.41, 5.74) is 1.87. The number of carbonyl (C=O) groups is 1. The molecule has 3 nitrogen and oxygen atoms in total. The van der Waals surface area contributed by atoms with Crippen molar-refractivity contribution in [2.24, 2.45) is 0 Å². The molecule has 0 bridgehead atoms. The Morgan fingerprint density at radius 3 is 2.45 bits per heavy atom. The second-order valence-electron chi connectivity index (χ2n) is 4.92. The highest BCUT2D eigenvalue weighted by Gasteiger charge is 2.12. The van der Waals surface area contributed by atoms with Crippen LogP contribution in [-0.2, 0) is 4.79 Å². The average molecular weight is 337 g/mol. The number of benzene rings is 2. The van der Waals surface area contributed by atoms with Crippen LogP contribution in [0, 0.1) is 0 Å².